The van der Waals surface area contributed by atoms with Gasteiger partial charge >= 0.3 is 5.63 Å². The molecule has 0 aliphatic rings. The molecule has 0 fully saturated rings. The van der Waals surface area contributed by atoms with E-state index in [0.29, 0.717) is 12.0 Å². The summed E-state index contributed by atoms with van der Waals surface area (Å²) in [7, 11) is 0. The van der Waals surface area contributed by atoms with E-state index in [1.165, 1.54) is 0 Å². The summed E-state index contributed by atoms with van der Waals surface area (Å²) in [4.78, 5) is 23.4. The second-order valence-electron chi connectivity index (χ2n) is 4.16. The number of fused-ring (bicyclic) bond motifs is 1. The highest BCUT2D eigenvalue weighted by Crippen LogP contribution is 2.16. The Morgan fingerprint density at radius 1 is 1.29 bits per heavy atom. The van der Waals surface area contributed by atoms with Crippen molar-refractivity contribution >= 4 is 16.8 Å². The fourth-order valence-corrected chi connectivity index (χ4v) is 1.77. The Hall–Kier alpha value is -1.90. The zero-order valence-electron chi connectivity index (χ0n) is 9.95. The molecule has 3 heteroatoms. The van der Waals surface area contributed by atoms with Crippen molar-refractivity contribution in [2.24, 2.45) is 0 Å². The molecule has 88 valence electrons. The summed E-state index contributed by atoms with van der Waals surface area (Å²) in [6.07, 6.45) is 1.10. The molecule has 1 aromatic carbocycles. The van der Waals surface area contributed by atoms with Gasteiger partial charge in [-0.3, -0.25) is 4.79 Å². The maximum atomic E-state index is 11.7. The van der Waals surface area contributed by atoms with E-state index in [4.69, 9.17) is 4.42 Å². The zero-order chi connectivity index (χ0) is 12.4. The van der Waals surface area contributed by atoms with Crippen molar-refractivity contribution in [3.05, 3.63) is 45.8 Å². The van der Waals surface area contributed by atoms with Crippen LogP contribution in [0.15, 0.2) is 33.5 Å². The molecule has 0 saturated heterocycles. The smallest absolute Gasteiger partial charge is 0.347 e. The first kappa shape index (κ1) is 11.6. The fourth-order valence-electron chi connectivity index (χ4n) is 1.77. The van der Waals surface area contributed by atoms with Crippen LogP contribution < -0.4 is 5.63 Å². The second kappa shape index (κ2) is 4.53. The molecule has 0 unspecified atom stereocenters. The van der Waals surface area contributed by atoms with Crippen LogP contribution in [0.2, 0.25) is 0 Å². The number of hydrogen-bond donors (Lipinski definition) is 0. The van der Waals surface area contributed by atoms with Crippen LogP contribution >= 0.6 is 0 Å². The summed E-state index contributed by atoms with van der Waals surface area (Å²) in [5.74, 6) is -0.149. The Balaban J connectivity index is 2.60. The van der Waals surface area contributed by atoms with Gasteiger partial charge in [-0.05, 0) is 31.0 Å². The van der Waals surface area contributed by atoms with Gasteiger partial charge in [0.2, 0.25) is 0 Å². The van der Waals surface area contributed by atoms with Gasteiger partial charge in [-0.1, -0.05) is 19.1 Å². The van der Waals surface area contributed by atoms with Crippen LogP contribution in [0.4, 0.5) is 0 Å². The number of benzene rings is 1. The molecule has 0 radical (unpaired) electrons. The molecule has 2 aromatic rings. The van der Waals surface area contributed by atoms with Gasteiger partial charge in [0, 0.05) is 11.8 Å². The van der Waals surface area contributed by atoms with Gasteiger partial charge in [0.25, 0.3) is 0 Å². The number of carbonyl (C=O) groups is 1. The summed E-state index contributed by atoms with van der Waals surface area (Å²) < 4.78 is 5.16. The van der Waals surface area contributed by atoms with E-state index in [1.807, 2.05) is 26.0 Å². The van der Waals surface area contributed by atoms with Crippen LogP contribution in [0.3, 0.4) is 0 Å². The van der Waals surface area contributed by atoms with Crippen molar-refractivity contribution in [3.8, 4) is 0 Å². The van der Waals surface area contributed by atoms with Gasteiger partial charge < -0.3 is 4.42 Å². The van der Waals surface area contributed by atoms with Crippen molar-refractivity contribution in [2.45, 2.75) is 26.7 Å². The van der Waals surface area contributed by atoms with Crippen LogP contribution in [-0.2, 0) is 0 Å². The maximum Gasteiger partial charge on any atom is 0.347 e. The summed E-state index contributed by atoms with van der Waals surface area (Å²) in [6.45, 7) is 3.83. The van der Waals surface area contributed by atoms with Gasteiger partial charge in [-0.25, -0.2) is 4.79 Å². The number of hydrogen-bond acceptors (Lipinski definition) is 3. The Kier molecular flexibility index (Phi) is 3.09. The van der Waals surface area contributed by atoms with E-state index in [1.54, 1.807) is 12.1 Å². The summed E-state index contributed by atoms with van der Waals surface area (Å²) in [5, 5.41) is 0.787. The lowest BCUT2D eigenvalue weighted by Crippen LogP contribution is -2.13. The molecular formula is C14H14O3. The Bertz CT molecular complexity index is 623. The molecule has 0 spiro atoms. The SMILES string of the molecule is CCCC(=O)c1cc2ccc(C)cc2oc1=O. The van der Waals surface area contributed by atoms with Crippen LogP contribution in [0.1, 0.15) is 35.7 Å². The Labute approximate surface area is 99.1 Å². The molecule has 3 nitrogen and oxygen atoms in total. The van der Waals surface area contributed by atoms with E-state index in [9.17, 15) is 9.59 Å². The Morgan fingerprint density at radius 3 is 2.76 bits per heavy atom. The van der Waals surface area contributed by atoms with E-state index in [-0.39, 0.29) is 11.3 Å². The monoisotopic (exact) mass is 230 g/mol. The minimum absolute atomic E-state index is 0.149. The number of aryl methyl sites for hydroxylation is 1. The predicted octanol–water partition coefficient (Wildman–Crippen LogP) is 3.08. The van der Waals surface area contributed by atoms with Gasteiger partial charge in [0.15, 0.2) is 5.78 Å². The number of carbonyl (C=O) groups excluding carboxylic acids is 1. The standard InChI is InChI=1S/C14H14O3/c1-3-4-12(15)11-8-10-6-5-9(2)7-13(10)17-14(11)16/h5-8H,3-4H2,1-2H3. The number of Topliss-reactive ketones (excluding diaryl/α,β-unsaturated/α-hetero) is 1. The third-order valence-electron chi connectivity index (χ3n) is 2.67. The van der Waals surface area contributed by atoms with Gasteiger partial charge in [-0.2, -0.15) is 0 Å². The molecule has 0 amide bonds. The molecule has 0 atom stereocenters. The topological polar surface area (TPSA) is 47.3 Å². The first-order chi connectivity index (χ1) is 8.11. The third kappa shape index (κ3) is 2.28. The van der Waals surface area contributed by atoms with Crippen LogP contribution in [0.5, 0.6) is 0 Å². The van der Waals surface area contributed by atoms with Crippen molar-refractivity contribution in [1.29, 1.82) is 0 Å². The fraction of sp³-hybridized carbons (Fsp3) is 0.286. The molecule has 2 rings (SSSR count). The molecule has 0 aliphatic heterocycles. The van der Waals surface area contributed by atoms with Crippen molar-refractivity contribution in [3.63, 3.8) is 0 Å². The highest BCUT2D eigenvalue weighted by Gasteiger charge is 2.12. The number of rotatable bonds is 3. The molecule has 0 saturated carbocycles. The van der Waals surface area contributed by atoms with E-state index in [0.717, 1.165) is 17.4 Å². The van der Waals surface area contributed by atoms with Crippen LogP contribution in [0.25, 0.3) is 11.0 Å². The lowest BCUT2D eigenvalue weighted by Gasteiger charge is -2.01. The van der Waals surface area contributed by atoms with E-state index in [2.05, 4.69) is 0 Å². The molecule has 17 heavy (non-hydrogen) atoms. The largest absolute Gasteiger partial charge is 0.422 e. The molecule has 0 aliphatic carbocycles. The zero-order valence-corrected chi connectivity index (χ0v) is 9.95. The van der Waals surface area contributed by atoms with Crippen LogP contribution in [0, 0.1) is 6.92 Å². The average molecular weight is 230 g/mol. The third-order valence-corrected chi connectivity index (χ3v) is 2.67. The van der Waals surface area contributed by atoms with Crippen molar-refractivity contribution < 1.29 is 9.21 Å². The molecule has 1 aromatic heterocycles. The first-order valence-electron chi connectivity index (χ1n) is 5.69. The number of ketones is 1. The highest BCUT2D eigenvalue weighted by atomic mass is 16.4. The van der Waals surface area contributed by atoms with E-state index < -0.39 is 5.63 Å². The second-order valence-corrected chi connectivity index (χ2v) is 4.16. The van der Waals surface area contributed by atoms with Crippen LogP contribution in [-0.4, -0.2) is 5.78 Å². The van der Waals surface area contributed by atoms with Gasteiger partial charge in [0.1, 0.15) is 11.1 Å². The minimum atomic E-state index is -0.540. The predicted molar refractivity (Wildman–Crippen MR) is 66.5 cm³/mol. The van der Waals surface area contributed by atoms with Gasteiger partial charge in [0.05, 0.1) is 0 Å². The molecule has 0 bridgehead atoms. The minimum Gasteiger partial charge on any atom is -0.422 e. The van der Waals surface area contributed by atoms with Crippen molar-refractivity contribution in [2.75, 3.05) is 0 Å². The van der Waals surface area contributed by atoms with Gasteiger partial charge in [-0.15, -0.1) is 0 Å². The van der Waals surface area contributed by atoms with E-state index >= 15 is 0 Å². The normalized spacial score (nSPS) is 10.7. The summed E-state index contributed by atoms with van der Waals surface area (Å²) in [5.41, 5.74) is 1.17. The lowest BCUT2D eigenvalue weighted by molar-refractivity contribution is 0.0978. The lowest BCUT2D eigenvalue weighted by atomic mass is 10.1. The quantitative estimate of drug-likeness (QED) is 0.601. The molecule has 1 heterocycles. The first-order valence-corrected chi connectivity index (χ1v) is 5.69. The maximum absolute atomic E-state index is 11.7. The average Bonchev–Trinajstić information content (AvgIpc) is 2.28. The van der Waals surface area contributed by atoms with Crippen molar-refractivity contribution in [1.82, 2.24) is 0 Å². The summed E-state index contributed by atoms with van der Waals surface area (Å²) >= 11 is 0. The molecule has 0 N–H and O–H groups in total. The Morgan fingerprint density at radius 2 is 2.06 bits per heavy atom. The highest BCUT2D eigenvalue weighted by molar-refractivity contribution is 5.98. The molecular weight excluding hydrogens is 216 g/mol. The summed E-state index contributed by atoms with van der Waals surface area (Å²) in [6, 6.07) is 7.20.